The summed E-state index contributed by atoms with van der Waals surface area (Å²) < 4.78 is 66.7. The van der Waals surface area contributed by atoms with Crippen molar-refractivity contribution in [1.29, 1.82) is 0 Å². The van der Waals surface area contributed by atoms with E-state index >= 15 is 0 Å². The van der Waals surface area contributed by atoms with Crippen LogP contribution in [0.2, 0.25) is 0 Å². The third-order valence-corrected chi connectivity index (χ3v) is 3.73. The molecule has 0 aliphatic rings. The zero-order chi connectivity index (χ0) is 15.5. The molecule has 21 heavy (non-hydrogen) atoms. The number of hydrogen-bond donors (Lipinski definition) is 1. The smallest absolute Gasteiger partial charge is 0.404 e. The highest BCUT2D eigenvalue weighted by atomic mass is 32.2. The number of benzene rings is 2. The van der Waals surface area contributed by atoms with E-state index in [4.69, 9.17) is 0 Å². The van der Waals surface area contributed by atoms with Crippen molar-refractivity contribution in [3.8, 4) is 5.75 Å². The molecule has 1 radical (unpaired) electrons. The average molecular weight is 316 g/mol. The lowest BCUT2D eigenvalue weighted by atomic mass is 10.3. The highest BCUT2D eigenvalue weighted by Gasteiger charge is 2.32. The monoisotopic (exact) mass is 316 g/mol. The molecule has 0 saturated heterocycles. The van der Waals surface area contributed by atoms with Crippen molar-refractivity contribution in [3.63, 3.8) is 0 Å². The van der Waals surface area contributed by atoms with Crippen LogP contribution in [0.5, 0.6) is 5.75 Å². The summed E-state index contributed by atoms with van der Waals surface area (Å²) in [5, 5.41) is 0. The van der Waals surface area contributed by atoms with E-state index in [-0.39, 0.29) is 10.6 Å². The van der Waals surface area contributed by atoms with Gasteiger partial charge in [0.2, 0.25) is 0 Å². The highest BCUT2D eigenvalue weighted by Crippen LogP contribution is 2.31. The van der Waals surface area contributed by atoms with E-state index in [1.165, 1.54) is 30.3 Å². The van der Waals surface area contributed by atoms with Gasteiger partial charge >= 0.3 is 6.36 Å². The van der Waals surface area contributed by atoms with Crippen molar-refractivity contribution in [2.75, 3.05) is 4.72 Å². The molecule has 111 valence electrons. The molecule has 0 heterocycles. The molecule has 8 heteroatoms. The van der Waals surface area contributed by atoms with Crippen LogP contribution in [-0.4, -0.2) is 14.8 Å². The van der Waals surface area contributed by atoms with Gasteiger partial charge in [-0.25, -0.2) is 8.42 Å². The standard InChI is InChI=1S/C13H9F3NO3S/c14-13(15,16)20-12-9-5-4-8-11(12)17-21(18,19)10-6-2-1-3-7-10/h1-4,6-9,17H. The predicted molar refractivity (Wildman–Crippen MR) is 69.2 cm³/mol. The van der Waals surface area contributed by atoms with Crippen LogP contribution in [0.25, 0.3) is 0 Å². The molecule has 0 spiro atoms. The van der Waals surface area contributed by atoms with Crippen molar-refractivity contribution >= 4 is 15.7 Å². The Kier molecular flexibility index (Phi) is 4.08. The lowest BCUT2D eigenvalue weighted by molar-refractivity contribution is -0.274. The van der Waals surface area contributed by atoms with E-state index < -0.39 is 22.1 Å². The average Bonchev–Trinajstić information content (AvgIpc) is 2.40. The fraction of sp³-hybridized carbons (Fsp3) is 0.0769. The lowest BCUT2D eigenvalue weighted by Gasteiger charge is -2.14. The molecule has 0 atom stereocenters. The van der Waals surface area contributed by atoms with Crippen molar-refractivity contribution in [1.82, 2.24) is 0 Å². The number of anilines is 1. The van der Waals surface area contributed by atoms with E-state index in [0.29, 0.717) is 0 Å². The zero-order valence-electron chi connectivity index (χ0n) is 10.4. The summed E-state index contributed by atoms with van der Waals surface area (Å²) in [6, 6.07) is 12.9. The Bertz CT molecular complexity index is 715. The minimum absolute atomic E-state index is 0.0733. The quantitative estimate of drug-likeness (QED) is 0.942. The van der Waals surface area contributed by atoms with E-state index in [1.807, 2.05) is 0 Å². The first-order valence-electron chi connectivity index (χ1n) is 5.62. The van der Waals surface area contributed by atoms with Gasteiger partial charge in [0.25, 0.3) is 10.0 Å². The number of sulfonamides is 1. The molecule has 0 aromatic heterocycles. The van der Waals surface area contributed by atoms with E-state index in [0.717, 1.165) is 12.1 Å². The van der Waals surface area contributed by atoms with E-state index in [2.05, 4.69) is 15.5 Å². The van der Waals surface area contributed by atoms with Crippen molar-refractivity contribution in [2.24, 2.45) is 0 Å². The number of nitrogens with one attached hydrogen (secondary N) is 1. The van der Waals surface area contributed by atoms with Gasteiger partial charge in [0, 0.05) is 0 Å². The molecule has 0 fully saturated rings. The maximum atomic E-state index is 12.3. The zero-order valence-corrected chi connectivity index (χ0v) is 11.2. The molecular formula is C13H9F3NO3S. The van der Waals surface area contributed by atoms with E-state index in [9.17, 15) is 21.6 Å². The summed E-state index contributed by atoms with van der Waals surface area (Å²) in [6.07, 6.45) is -4.93. The molecule has 0 unspecified atom stereocenters. The topological polar surface area (TPSA) is 55.4 Å². The maximum Gasteiger partial charge on any atom is 0.573 e. The Morgan fingerprint density at radius 2 is 1.76 bits per heavy atom. The third-order valence-electron chi connectivity index (χ3n) is 2.35. The number of halogens is 3. The minimum atomic E-state index is -4.93. The largest absolute Gasteiger partial charge is 0.573 e. The molecule has 0 aliphatic heterocycles. The minimum Gasteiger partial charge on any atom is -0.404 e. The second kappa shape index (κ2) is 5.65. The van der Waals surface area contributed by atoms with Gasteiger partial charge in [0.1, 0.15) is 0 Å². The second-order valence-electron chi connectivity index (χ2n) is 3.89. The summed E-state index contributed by atoms with van der Waals surface area (Å²) in [7, 11) is -4.00. The molecule has 2 aromatic rings. The van der Waals surface area contributed by atoms with Crippen molar-refractivity contribution in [2.45, 2.75) is 11.3 Å². The SMILES string of the molecule is O=S(=O)(Nc1cc[c]cc1OC(F)(F)F)c1ccccc1. The van der Waals surface area contributed by atoms with E-state index in [1.54, 1.807) is 6.07 Å². The number of rotatable bonds is 4. The Hall–Kier alpha value is -2.22. The first-order valence-corrected chi connectivity index (χ1v) is 7.10. The van der Waals surface area contributed by atoms with Crippen LogP contribution in [0, 0.1) is 6.07 Å². The Labute approximate surface area is 119 Å². The van der Waals surface area contributed by atoms with Crippen LogP contribution in [0.1, 0.15) is 0 Å². The summed E-state index contributed by atoms with van der Waals surface area (Å²) in [5.74, 6) is -0.676. The van der Waals surface area contributed by atoms with Crippen LogP contribution in [0.3, 0.4) is 0 Å². The van der Waals surface area contributed by atoms with Crippen molar-refractivity contribution < 1.29 is 26.3 Å². The predicted octanol–water partition coefficient (Wildman–Crippen LogP) is 3.19. The van der Waals surface area contributed by atoms with Gasteiger partial charge in [-0.3, -0.25) is 4.72 Å². The molecule has 4 nitrogen and oxygen atoms in total. The molecule has 0 aliphatic carbocycles. The number of ether oxygens (including phenoxy) is 1. The van der Waals surface area contributed by atoms with Gasteiger partial charge in [-0.05, 0) is 30.3 Å². The maximum absolute atomic E-state index is 12.3. The normalized spacial score (nSPS) is 12.0. The van der Waals surface area contributed by atoms with Gasteiger partial charge in [-0.15, -0.1) is 13.2 Å². The van der Waals surface area contributed by atoms with Gasteiger partial charge < -0.3 is 4.74 Å². The molecule has 0 bridgehead atoms. The molecular weight excluding hydrogens is 307 g/mol. The Morgan fingerprint density at radius 1 is 1.10 bits per heavy atom. The Morgan fingerprint density at radius 3 is 2.38 bits per heavy atom. The van der Waals surface area contributed by atoms with Crippen LogP contribution in [0.4, 0.5) is 18.9 Å². The van der Waals surface area contributed by atoms with Crippen LogP contribution >= 0.6 is 0 Å². The first kappa shape index (κ1) is 15.2. The summed E-state index contributed by atoms with van der Waals surface area (Å²) in [6.45, 7) is 0. The highest BCUT2D eigenvalue weighted by molar-refractivity contribution is 7.92. The molecule has 1 N–H and O–H groups in total. The summed E-state index contributed by atoms with van der Waals surface area (Å²) in [5.41, 5.74) is -0.324. The second-order valence-corrected chi connectivity index (χ2v) is 5.57. The van der Waals surface area contributed by atoms with Crippen LogP contribution in [0.15, 0.2) is 53.4 Å². The lowest BCUT2D eigenvalue weighted by Crippen LogP contribution is -2.19. The molecule has 2 aromatic carbocycles. The number of alkyl halides is 3. The summed E-state index contributed by atoms with van der Waals surface area (Å²) in [4.78, 5) is -0.0733. The fourth-order valence-electron chi connectivity index (χ4n) is 1.51. The molecule has 2 rings (SSSR count). The van der Waals surface area contributed by atoms with Gasteiger partial charge in [-0.2, -0.15) is 0 Å². The number of hydrogen-bond acceptors (Lipinski definition) is 3. The van der Waals surface area contributed by atoms with Crippen molar-refractivity contribution in [3.05, 3.63) is 54.6 Å². The molecule has 0 saturated carbocycles. The molecule has 0 amide bonds. The third kappa shape index (κ3) is 4.12. The van der Waals surface area contributed by atoms with Gasteiger partial charge in [0.15, 0.2) is 5.75 Å². The van der Waals surface area contributed by atoms with Gasteiger partial charge in [-0.1, -0.05) is 24.3 Å². The summed E-state index contributed by atoms with van der Waals surface area (Å²) >= 11 is 0. The van der Waals surface area contributed by atoms with Gasteiger partial charge in [0.05, 0.1) is 10.6 Å². The van der Waals surface area contributed by atoms with Crippen LogP contribution in [-0.2, 0) is 10.0 Å². The fourth-order valence-corrected chi connectivity index (χ4v) is 2.60. The first-order chi connectivity index (χ1) is 9.78. The Balaban J connectivity index is 2.32. The van der Waals surface area contributed by atoms with Crippen LogP contribution < -0.4 is 9.46 Å².